The molecule has 29 heavy (non-hydrogen) atoms. The van der Waals surface area contributed by atoms with Crippen LogP contribution in [0.3, 0.4) is 0 Å². The van der Waals surface area contributed by atoms with E-state index in [0.717, 1.165) is 11.6 Å². The summed E-state index contributed by atoms with van der Waals surface area (Å²) in [5, 5.41) is 0. The van der Waals surface area contributed by atoms with Crippen LogP contribution in [0.1, 0.15) is 11.1 Å². The molecule has 0 unspecified atom stereocenters. The van der Waals surface area contributed by atoms with E-state index >= 15 is 0 Å². The number of rotatable bonds is 6. The van der Waals surface area contributed by atoms with Crippen molar-refractivity contribution in [3.63, 3.8) is 0 Å². The van der Waals surface area contributed by atoms with Crippen molar-refractivity contribution >= 4 is 15.9 Å². The van der Waals surface area contributed by atoms with Gasteiger partial charge in [0.15, 0.2) is 0 Å². The van der Waals surface area contributed by atoms with Crippen LogP contribution in [0.4, 0.5) is 4.39 Å². The van der Waals surface area contributed by atoms with Crippen LogP contribution in [0.15, 0.2) is 53.4 Å². The number of halogens is 1. The fraction of sp³-hybridized carbons (Fsp3) is 0.381. The van der Waals surface area contributed by atoms with Crippen molar-refractivity contribution in [2.75, 3.05) is 39.8 Å². The maximum absolute atomic E-state index is 13.4. The third-order valence-corrected chi connectivity index (χ3v) is 6.90. The van der Waals surface area contributed by atoms with E-state index in [1.165, 1.54) is 28.1 Å². The Morgan fingerprint density at radius 1 is 1.07 bits per heavy atom. The molecule has 0 saturated carbocycles. The number of nitrogens with zero attached hydrogens (tertiary/aromatic N) is 3. The average Bonchev–Trinajstić information content (AvgIpc) is 2.70. The molecule has 6 nitrogen and oxygen atoms in total. The zero-order valence-electron chi connectivity index (χ0n) is 16.7. The summed E-state index contributed by atoms with van der Waals surface area (Å²) in [6.45, 7) is 4.02. The lowest BCUT2D eigenvalue weighted by atomic mass is 10.1. The third-order valence-electron chi connectivity index (χ3n) is 5.00. The molecule has 0 aromatic heterocycles. The molecule has 0 bridgehead atoms. The Labute approximate surface area is 171 Å². The number of sulfonamides is 1. The Balaban J connectivity index is 1.53. The molecule has 2 aromatic carbocycles. The van der Waals surface area contributed by atoms with Crippen molar-refractivity contribution < 1.29 is 17.6 Å². The van der Waals surface area contributed by atoms with Gasteiger partial charge in [0.2, 0.25) is 15.9 Å². The predicted molar refractivity (Wildman–Crippen MR) is 109 cm³/mol. The fourth-order valence-corrected chi connectivity index (χ4v) is 4.80. The van der Waals surface area contributed by atoms with Gasteiger partial charge in [-0.25, -0.2) is 12.8 Å². The molecule has 1 heterocycles. The maximum Gasteiger partial charge on any atom is 0.243 e. The summed E-state index contributed by atoms with van der Waals surface area (Å²) in [6.07, 6.45) is 0. The molecule has 1 saturated heterocycles. The Morgan fingerprint density at radius 2 is 1.72 bits per heavy atom. The second kappa shape index (κ2) is 9.02. The quantitative estimate of drug-likeness (QED) is 0.720. The van der Waals surface area contributed by atoms with Gasteiger partial charge < -0.3 is 4.90 Å². The summed E-state index contributed by atoms with van der Waals surface area (Å²) in [5.41, 5.74) is 2.33. The number of likely N-dealkylation sites (N-methyl/N-ethyl adjacent to an activating group) is 1. The summed E-state index contributed by atoms with van der Waals surface area (Å²) >= 11 is 0. The number of piperazine rings is 1. The molecular formula is C21H26FN3O3S. The van der Waals surface area contributed by atoms with E-state index < -0.39 is 15.8 Å². The highest BCUT2D eigenvalue weighted by atomic mass is 32.2. The zero-order chi connectivity index (χ0) is 21.0. The van der Waals surface area contributed by atoms with Crippen LogP contribution in [-0.2, 0) is 21.4 Å². The SMILES string of the molecule is Cc1ccc(CN(C)CC(=O)N2CCN(S(=O)(=O)c3cccc(F)c3)CC2)cc1. The van der Waals surface area contributed by atoms with E-state index in [-0.39, 0.29) is 30.4 Å². The van der Waals surface area contributed by atoms with Gasteiger partial charge in [-0.2, -0.15) is 4.31 Å². The van der Waals surface area contributed by atoms with Gasteiger partial charge in [0.05, 0.1) is 11.4 Å². The molecule has 0 atom stereocenters. The first-order chi connectivity index (χ1) is 13.8. The summed E-state index contributed by atoms with van der Waals surface area (Å²) in [6, 6.07) is 13.2. The Hall–Kier alpha value is -2.29. The lowest BCUT2D eigenvalue weighted by Gasteiger charge is -2.34. The maximum atomic E-state index is 13.4. The molecule has 8 heteroatoms. The van der Waals surface area contributed by atoms with Crippen molar-refractivity contribution in [3.05, 3.63) is 65.5 Å². The Morgan fingerprint density at radius 3 is 2.34 bits per heavy atom. The molecule has 0 radical (unpaired) electrons. The number of hydrogen-bond acceptors (Lipinski definition) is 4. The molecule has 1 aliphatic rings. The van der Waals surface area contributed by atoms with Crippen LogP contribution in [0, 0.1) is 12.7 Å². The highest BCUT2D eigenvalue weighted by molar-refractivity contribution is 7.89. The van der Waals surface area contributed by atoms with Crippen molar-refractivity contribution in [2.24, 2.45) is 0 Å². The summed E-state index contributed by atoms with van der Waals surface area (Å²) in [7, 11) is -1.86. The first kappa shape index (κ1) is 21.4. The van der Waals surface area contributed by atoms with Gasteiger partial charge in [-0.15, -0.1) is 0 Å². The first-order valence-corrected chi connectivity index (χ1v) is 11.0. The van der Waals surface area contributed by atoms with Crippen LogP contribution in [-0.4, -0.2) is 68.2 Å². The van der Waals surface area contributed by atoms with Crippen LogP contribution in [0.5, 0.6) is 0 Å². The minimum atomic E-state index is -3.76. The number of hydrogen-bond donors (Lipinski definition) is 0. The first-order valence-electron chi connectivity index (χ1n) is 9.53. The molecule has 2 aromatic rings. The predicted octanol–water partition coefficient (Wildman–Crippen LogP) is 2.10. The summed E-state index contributed by atoms with van der Waals surface area (Å²) < 4.78 is 40.0. The second-order valence-electron chi connectivity index (χ2n) is 7.40. The molecule has 1 aliphatic heterocycles. The molecule has 0 N–H and O–H groups in total. The number of benzene rings is 2. The number of carbonyl (C=O) groups excluding carboxylic acids is 1. The standard InChI is InChI=1S/C21H26FN3O3S/c1-17-6-8-18(9-7-17)15-23(2)16-21(26)24-10-12-25(13-11-24)29(27,28)20-5-3-4-19(22)14-20/h3-9,14H,10-13,15-16H2,1-2H3. The number of aryl methyl sites for hydroxylation is 1. The van der Waals surface area contributed by atoms with Crippen LogP contribution >= 0.6 is 0 Å². The van der Waals surface area contributed by atoms with E-state index in [1.54, 1.807) is 4.90 Å². The number of amides is 1. The van der Waals surface area contributed by atoms with Crippen molar-refractivity contribution in [1.29, 1.82) is 0 Å². The molecule has 0 spiro atoms. The van der Waals surface area contributed by atoms with Crippen LogP contribution in [0.2, 0.25) is 0 Å². The minimum absolute atomic E-state index is 0.0255. The van der Waals surface area contributed by atoms with E-state index in [0.29, 0.717) is 19.6 Å². The van der Waals surface area contributed by atoms with Gasteiger partial charge in [0, 0.05) is 32.7 Å². The Kier molecular flexibility index (Phi) is 6.66. The normalized spacial score (nSPS) is 15.7. The molecule has 1 fully saturated rings. The molecular weight excluding hydrogens is 393 g/mol. The molecule has 3 rings (SSSR count). The van der Waals surface area contributed by atoms with Crippen LogP contribution in [0.25, 0.3) is 0 Å². The van der Waals surface area contributed by atoms with Crippen molar-refractivity contribution in [3.8, 4) is 0 Å². The average molecular weight is 420 g/mol. The molecule has 156 valence electrons. The fourth-order valence-electron chi connectivity index (χ4n) is 3.35. The van der Waals surface area contributed by atoms with E-state index in [1.807, 2.05) is 43.1 Å². The van der Waals surface area contributed by atoms with E-state index in [9.17, 15) is 17.6 Å². The van der Waals surface area contributed by atoms with Crippen molar-refractivity contribution in [2.45, 2.75) is 18.4 Å². The monoisotopic (exact) mass is 419 g/mol. The van der Waals surface area contributed by atoms with Gasteiger partial charge in [0.1, 0.15) is 5.82 Å². The largest absolute Gasteiger partial charge is 0.339 e. The lowest BCUT2D eigenvalue weighted by Crippen LogP contribution is -2.52. The van der Waals surface area contributed by atoms with Gasteiger partial charge >= 0.3 is 0 Å². The van der Waals surface area contributed by atoms with Crippen LogP contribution < -0.4 is 0 Å². The highest BCUT2D eigenvalue weighted by Crippen LogP contribution is 2.18. The topological polar surface area (TPSA) is 60.9 Å². The molecule has 0 aliphatic carbocycles. The third kappa shape index (κ3) is 5.41. The lowest BCUT2D eigenvalue weighted by molar-refractivity contribution is -0.133. The van der Waals surface area contributed by atoms with Crippen molar-refractivity contribution in [1.82, 2.24) is 14.1 Å². The number of carbonyl (C=O) groups is 1. The Bertz CT molecular complexity index is 955. The summed E-state index contributed by atoms with van der Waals surface area (Å²) in [4.78, 5) is 16.2. The van der Waals surface area contributed by atoms with Gasteiger partial charge in [-0.1, -0.05) is 35.9 Å². The van der Waals surface area contributed by atoms with E-state index in [4.69, 9.17) is 0 Å². The van der Waals surface area contributed by atoms with E-state index in [2.05, 4.69) is 0 Å². The summed E-state index contributed by atoms with van der Waals surface area (Å²) in [5.74, 6) is -0.612. The van der Waals surface area contributed by atoms with Gasteiger partial charge in [-0.05, 0) is 37.7 Å². The smallest absolute Gasteiger partial charge is 0.243 e. The van der Waals surface area contributed by atoms with Gasteiger partial charge in [0.25, 0.3) is 0 Å². The minimum Gasteiger partial charge on any atom is -0.339 e. The highest BCUT2D eigenvalue weighted by Gasteiger charge is 2.30. The molecule has 1 amide bonds. The van der Waals surface area contributed by atoms with Gasteiger partial charge in [-0.3, -0.25) is 9.69 Å². The second-order valence-corrected chi connectivity index (χ2v) is 9.34. The zero-order valence-corrected chi connectivity index (χ0v) is 17.5.